The Labute approximate surface area is 197 Å². The van der Waals surface area contributed by atoms with Gasteiger partial charge in [-0.25, -0.2) is 10.3 Å². The Bertz CT molecular complexity index is 919. The SMILES string of the molecule is CSc1ccc(NC(=O)O[C@H](c2ccccc2OCCO)[C@@H](C)CC/C=C/C(=O)NO)cc1. The minimum atomic E-state index is -0.634. The lowest BCUT2D eigenvalue weighted by Crippen LogP contribution is -2.22. The molecule has 0 bridgehead atoms. The van der Waals surface area contributed by atoms with Gasteiger partial charge in [0.25, 0.3) is 5.91 Å². The molecule has 0 aliphatic heterocycles. The maximum absolute atomic E-state index is 12.7. The molecule has 2 amide bonds. The number of para-hydroxylation sites is 1. The van der Waals surface area contributed by atoms with Crippen molar-refractivity contribution in [1.29, 1.82) is 0 Å². The van der Waals surface area contributed by atoms with Crippen LogP contribution in [0.4, 0.5) is 10.5 Å². The first kappa shape index (κ1) is 26.2. The summed E-state index contributed by atoms with van der Waals surface area (Å²) in [5.41, 5.74) is 2.84. The maximum atomic E-state index is 12.7. The molecule has 2 rings (SSSR count). The summed E-state index contributed by atoms with van der Waals surface area (Å²) in [7, 11) is 0. The summed E-state index contributed by atoms with van der Waals surface area (Å²) in [5, 5.41) is 20.5. The Morgan fingerprint density at radius 3 is 2.55 bits per heavy atom. The van der Waals surface area contributed by atoms with Gasteiger partial charge >= 0.3 is 6.09 Å². The van der Waals surface area contributed by atoms with Crippen LogP contribution in [0, 0.1) is 5.92 Å². The van der Waals surface area contributed by atoms with Crippen molar-refractivity contribution >= 4 is 29.4 Å². The van der Waals surface area contributed by atoms with E-state index >= 15 is 0 Å². The molecule has 0 aromatic heterocycles. The number of amides is 2. The van der Waals surface area contributed by atoms with Crippen LogP contribution in [0.15, 0.2) is 65.6 Å². The third kappa shape index (κ3) is 8.80. The molecule has 0 saturated carbocycles. The number of ether oxygens (including phenoxy) is 2. The van der Waals surface area contributed by atoms with Gasteiger partial charge in [-0.1, -0.05) is 31.2 Å². The highest BCUT2D eigenvalue weighted by Crippen LogP contribution is 2.35. The number of thioether (sulfide) groups is 1. The van der Waals surface area contributed by atoms with Crippen LogP contribution >= 0.6 is 11.8 Å². The van der Waals surface area contributed by atoms with Gasteiger partial charge < -0.3 is 14.6 Å². The fraction of sp³-hybridized carbons (Fsp3) is 0.333. The smallest absolute Gasteiger partial charge is 0.412 e. The molecule has 0 spiro atoms. The lowest BCUT2D eigenvalue weighted by atomic mass is 9.92. The molecule has 0 aliphatic rings. The van der Waals surface area contributed by atoms with Crippen LogP contribution in [0.5, 0.6) is 5.75 Å². The highest BCUT2D eigenvalue weighted by atomic mass is 32.2. The van der Waals surface area contributed by atoms with Gasteiger partial charge in [0, 0.05) is 22.2 Å². The first-order valence-electron chi connectivity index (χ1n) is 10.5. The Hall–Kier alpha value is -3.01. The molecule has 9 heteroatoms. The third-order valence-corrected chi connectivity index (χ3v) is 5.57. The first-order chi connectivity index (χ1) is 16.0. The van der Waals surface area contributed by atoms with Crippen LogP contribution in [0.2, 0.25) is 0 Å². The molecule has 0 unspecified atom stereocenters. The second-order valence-electron chi connectivity index (χ2n) is 7.22. The molecule has 2 aromatic carbocycles. The number of anilines is 1. The Balaban J connectivity index is 2.18. The van der Waals surface area contributed by atoms with Gasteiger partial charge in [-0.2, -0.15) is 0 Å². The van der Waals surface area contributed by atoms with E-state index in [0.29, 0.717) is 29.8 Å². The number of nitrogens with one attached hydrogen (secondary N) is 2. The van der Waals surface area contributed by atoms with Crippen molar-refractivity contribution < 1.29 is 29.4 Å². The van der Waals surface area contributed by atoms with Crippen molar-refractivity contribution in [3.63, 3.8) is 0 Å². The number of aliphatic hydroxyl groups is 1. The topological polar surface area (TPSA) is 117 Å². The average Bonchev–Trinajstić information content (AvgIpc) is 2.84. The van der Waals surface area contributed by atoms with Gasteiger partial charge in [-0.05, 0) is 55.3 Å². The largest absolute Gasteiger partial charge is 0.491 e. The van der Waals surface area contributed by atoms with E-state index in [1.807, 2.05) is 43.5 Å². The second-order valence-corrected chi connectivity index (χ2v) is 8.10. The number of benzene rings is 2. The number of carbonyl (C=O) groups is 2. The van der Waals surface area contributed by atoms with Crippen LogP contribution in [-0.2, 0) is 9.53 Å². The van der Waals surface area contributed by atoms with E-state index < -0.39 is 18.1 Å². The minimum absolute atomic E-state index is 0.116. The van der Waals surface area contributed by atoms with E-state index in [2.05, 4.69) is 5.32 Å². The number of carbonyl (C=O) groups excluding carboxylic acids is 2. The van der Waals surface area contributed by atoms with Gasteiger partial charge in [-0.15, -0.1) is 11.8 Å². The van der Waals surface area contributed by atoms with Crippen molar-refractivity contribution in [3.8, 4) is 5.75 Å². The lowest BCUT2D eigenvalue weighted by Gasteiger charge is -2.26. The highest BCUT2D eigenvalue weighted by molar-refractivity contribution is 7.98. The summed E-state index contributed by atoms with van der Waals surface area (Å²) < 4.78 is 11.5. The Morgan fingerprint density at radius 1 is 1.15 bits per heavy atom. The average molecular weight is 475 g/mol. The molecule has 4 N–H and O–H groups in total. The number of allylic oxidation sites excluding steroid dienone is 1. The van der Waals surface area contributed by atoms with Crippen molar-refractivity contribution in [1.82, 2.24) is 5.48 Å². The molecule has 33 heavy (non-hydrogen) atoms. The fourth-order valence-electron chi connectivity index (χ4n) is 3.16. The Morgan fingerprint density at radius 2 is 1.88 bits per heavy atom. The van der Waals surface area contributed by atoms with Crippen LogP contribution in [-0.4, -0.2) is 41.8 Å². The fourth-order valence-corrected chi connectivity index (χ4v) is 3.57. The predicted molar refractivity (Wildman–Crippen MR) is 128 cm³/mol. The third-order valence-electron chi connectivity index (χ3n) is 4.83. The van der Waals surface area contributed by atoms with E-state index in [4.69, 9.17) is 19.8 Å². The molecular formula is C24H30N2O6S. The predicted octanol–water partition coefficient (Wildman–Crippen LogP) is 4.55. The molecule has 178 valence electrons. The molecule has 2 aromatic rings. The first-order valence-corrected chi connectivity index (χ1v) is 11.8. The second kappa shape index (κ2) is 14.2. The number of aliphatic hydroxyl groups excluding tert-OH is 1. The molecular weight excluding hydrogens is 444 g/mol. The van der Waals surface area contributed by atoms with E-state index in [1.54, 1.807) is 41.5 Å². The van der Waals surface area contributed by atoms with Crippen LogP contribution in [0.3, 0.4) is 0 Å². The zero-order valence-corrected chi connectivity index (χ0v) is 19.5. The van der Waals surface area contributed by atoms with Crippen LogP contribution in [0.25, 0.3) is 0 Å². The monoisotopic (exact) mass is 474 g/mol. The number of hydrogen-bond donors (Lipinski definition) is 4. The summed E-state index contributed by atoms with van der Waals surface area (Å²) in [6.07, 6.45) is 4.76. The van der Waals surface area contributed by atoms with Gasteiger partial charge in [0.05, 0.1) is 6.61 Å². The van der Waals surface area contributed by atoms with Crippen molar-refractivity contribution in [2.45, 2.75) is 30.8 Å². The Kier molecular flexibility index (Phi) is 11.3. The zero-order valence-electron chi connectivity index (χ0n) is 18.7. The number of hydroxylamine groups is 1. The van der Waals surface area contributed by atoms with Gasteiger partial charge in [0.1, 0.15) is 18.5 Å². The summed E-state index contributed by atoms with van der Waals surface area (Å²) in [6.45, 7) is 1.92. The van der Waals surface area contributed by atoms with Gasteiger partial charge in [0.15, 0.2) is 0 Å². The summed E-state index contributed by atoms with van der Waals surface area (Å²) in [6, 6.07) is 14.7. The molecule has 0 fully saturated rings. The van der Waals surface area contributed by atoms with E-state index in [-0.39, 0.29) is 19.1 Å². The summed E-state index contributed by atoms with van der Waals surface area (Å²) in [4.78, 5) is 25.0. The molecule has 0 heterocycles. The standard InChI is InChI=1S/C24H30N2O6S/c1-17(7-3-6-10-22(28)26-30)23(20-8-4-5-9-21(20)31-16-15-27)32-24(29)25-18-11-13-19(33-2)14-12-18/h4-6,8-14,17,23,27,30H,3,7,15-16H2,1-2H3,(H,25,29)(H,26,28)/b10-6+/t17-,23-/m0/s1. The van der Waals surface area contributed by atoms with Crippen molar-refractivity contribution in [2.24, 2.45) is 5.92 Å². The number of hydrogen-bond acceptors (Lipinski definition) is 7. The van der Waals surface area contributed by atoms with Crippen LogP contribution < -0.4 is 15.5 Å². The van der Waals surface area contributed by atoms with Crippen molar-refractivity contribution in [2.75, 3.05) is 24.8 Å². The van der Waals surface area contributed by atoms with E-state index in [1.165, 1.54) is 6.08 Å². The van der Waals surface area contributed by atoms with Gasteiger partial charge in [-0.3, -0.25) is 15.3 Å². The van der Waals surface area contributed by atoms with Gasteiger partial charge in [0.2, 0.25) is 0 Å². The maximum Gasteiger partial charge on any atom is 0.412 e. The summed E-state index contributed by atoms with van der Waals surface area (Å²) >= 11 is 1.61. The van der Waals surface area contributed by atoms with E-state index in [9.17, 15) is 9.59 Å². The minimum Gasteiger partial charge on any atom is -0.491 e. The zero-order chi connectivity index (χ0) is 24.1. The molecule has 0 aliphatic carbocycles. The van der Waals surface area contributed by atoms with Crippen LogP contribution in [0.1, 0.15) is 31.4 Å². The highest BCUT2D eigenvalue weighted by Gasteiger charge is 2.26. The lowest BCUT2D eigenvalue weighted by molar-refractivity contribution is -0.124. The summed E-state index contributed by atoms with van der Waals surface area (Å²) in [5.74, 6) is -0.212. The quantitative estimate of drug-likeness (QED) is 0.154. The molecule has 2 atom stereocenters. The normalized spacial score (nSPS) is 12.7. The molecule has 0 radical (unpaired) electrons. The van der Waals surface area contributed by atoms with E-state index in [0.717, 1.165) is 4.90 Å². The molecule has 8 nitrogen and oxygen atoms in total. The van der Waals surface area contributed by atoms with Crippen molar-refractivity contribution in [3.05, 3.63) is 66.2 Å². The number of rotatable bonds is 12. The molecule has 0 saturated heterocycles.